The first-order valence-corrected chi connectivity index (χ1v) is 31.1. The summed E-state index contributed by atoms with van der Waals surface area (Å²) in [5.41, 5.74) is 0. The lowest BCUT2D eigenvalue weighted by Gasteiger charge is -2.25. The minimum absolute atomic E-state index is 0.0645. The zero-order chi connectivity index (χ0) is 49.2. The molecule has 0 bridgehead atoms. The van der Waals surface area contributed by atoms with E-state index in [4.69, 9.17) is 9.05 Å². The first kappa shape index (κ1) is 66.2. The summed E-state index contributed by atoms with van der Waals surface area (Å²) in [6, 6.07) is -0.840. The number of carbonyl (C=O) groups excluding carboxylic acids is 1. The van der Waals surface area contributed by atoms with Gasteiger partial charge >= 0.3 is 7.82 Å². The van der Waals surface area contributed by atoms with E-state index in [1.54, 1.807) is 6.08 Å². The van der Waals surface area contributed by atoms with Crippen LogP contribution in [0.2, 0.25) is 0 Å². The monoisotopic (exact) mass is 970 g/mol. The van der Waals surface area contributed by atoms with Gasteiger partial charge in [-0.25, -0.2) is 4.57 Å². The fourth-order valence-corrected chi connectivity index (χ4v) is 9.84. The number of nitrogens with one attached hydrogen (secondary N) is 1. The molecule has 1 amide bonds. The third kappa shape index (κ3) is 52.9. The maximum absolute atomic E-state index is 12.9. The molecule has 0 radical (unpaired) electrons. The number of quaternary nitrogens is 1. The molecule has 0 heterocycles. The third-order valence-electron chi connectivity index (χ3n) is 13.8. The number of aliphatic hydroxyl groups excluding tert-OH is 1. The summed E-state index contributed by atoms with van der Waals surface area (Å²) in [5, 5.41) is 13.8. The van der Waals surface area contributed by atoms with Gasteiger partial charge < -0.3 is 19.8 Å². The highest BCUT2D eigenvalue weighted by atomic mass is 31.2. The lowest BCUT2D eigenvalue weighted by atomic mass is 10.0. The van der Waals surface area contributed by atoms with Crippen LogP contribution >= 0.6 is 7.82 Å². The maximum atomic E-state index is 12.9. The van der Waals surface area contributed by atoms with Crippen LogP contribution in [0.4, 0.5) is 0 Å². The summed E-state index contributed by atoms with van der Waals surface area (Å²) in [6.45, 7) is 4.82. The van der Waals surface area contributed by atoms with Crippen molar-refractivity contribution in [2.75, 3.05) is 40.9 Å². The van der Waals surface area contributed by atoms with Gasteiger partial charge in [-0.15, -0.1) is 0 Å². The van der Waals surface area contributed by atoms with Crippen molar-refractivity contribution in [1.29, 1.82) is 0 Å². The predicted octanol–water partition coefficient (Wildman–Crippen LogP) is 17.8. The Labute approximate surface area is 418 Å². The van der Waals surface area contributed by atoms with E-state index in [9.17, 15) is 19.4 Å². The van der Waals surface area contributed by atoms with Crippen LogP contribution < -0.4 is 5.32 Å². The standard InChI is InChI=1S/C58H117N2O6P/c1-6-8-10-12-14-16-17-18-19-20-21-22-23-24-25-26-27-28-29-30-31-32-33-34-35-36-37-38-39-40-41-42-44-46-48-50-52-58(62)59-56(55-66-67(63,64)65-54-53-60(3,4)5)57(61)51-49-47-45-43-15-13-11-9-7-2/h49,51,56-57,61H,6-48,50,52-55H2,1-5H3,(H-,59,62,63,64)/p+1/b51-49+. The molecular formula is C58H118N2O6P+. The average Bonchev–Trinajstić information content (AvgIpc) is 3.29. The molecule has 400 valence electrons. The van der Waals surface area contributed by atoms with Crippen molar-refractivity contribution in [3.63, 3.8) is 0 Å². The molecule has 3 N–H and O–H groups in total. The second-order valence-corrected chi connectivity index (χ2v) is 23.2. The molecule has 0 aliphatic heterocycles. The summed E-state index contributed by atoms with van der Waals surface area (Å²) < 4.78 is 23.6. The van der Waals surface area contributed by atoms with Gasteiger partial charge in [-0.2, -0.15) is 0 Å². The number of hydrogen-bond acceptors (Lipinski definition) is 5. The average molecular weight is 971 g/mol. The molecule has 67 heavy (non-hydrogen) atoms. The molecule has 3 unspecified atom stereocenters. The largest absolute Gasteiger partial charge is 0.472 e. The number of phosphoric ester groups is 1. The number of rotatable bonds is 55. The molecule has 0 aromatic rings. The highest BCUT2D eigenvalue weighted by Gasteiger charge is 2.27. The minimum Gasteiger partial charge on any atom is -0.387 e. The van der Waals surface area contributed by atoms with Gasteiger partial charge in [0.1, 0.15) is 13.2 Å². The SMILES string of the molecule is CCCCCCCCC/C=C/C(O)C(COP(=O)(O)OCC[N+](C)(C)C)NC(=O)CCCCCCCCCCCCCCCCCCCCCCCCCCCCCCCCCCCCCC. The molecular weight excluding hydrogens is 852 g/mol. The molecule has 3 atom stereocenters. The summed E-state index contributed by atoms with van der Waals surface area (Å²) >= 11 is 0. The zero-order valence-electron chi connectivity index (χ0n) is 45.7. The Balaban J connectivity index is 3.80. The Kier molecular flexibility index (Phi) is 49.6. The molecule has 0 aromatic carbocycles. The van der Waals surface area contributed by atoms with Crippen LogP contribution in [0.15, 0.2) is 12.2 Å². The van der Waals surface area contributed by atoms with E-state index in [0.29, 0.717) is 17.4 Å². The van der Waals surface area contributed by atoms with Crippen molar-refractivity contribution in [2.45, 2.75) is 315 Å². The summed E-state index contributed by atoms with van der Waals surface area (Å²) in [4.78, 5) is 23.2. The van der Waals surface area contributed by atoms with Crippen LogP contribution in [0, 0.1) is 0 Å². The van der Waals surface area contributed by atoms with Crippen molar-refractivity contribution in [3.8, 4) is 0 Å². The van der Waals surface area contributed by atoms with Crippen LogP contribution in [-0.2, 0) is 18.4 Å². The van der Waals surface area contributed by atoms with Crippen molar-refractivity contribution >= 4 is 13.7 Å². The topological polar surface area (TPSA) is 105 Å². The Bertz CT molecular complexity index is 1100. The van der Waals surface area contributed by atoms with E-state index < -0.39 is 20.0 Å². The fourth-order valence-electron chi connectivity index (χ4n) is 9.10. The van der Waals surface area contributed by atoms with Gasteiger partial charge in [0.25, 0.3) is 0 Å². The number of hydrogen-bond donors (Lipinski definition) is 3. The van der Waals surface area contributed by atoms with Crippen LogP contribution in [-0.4, -0.2) is 73.4 Å². The molecule has 0 aliphatic rings. The van der Waals surface area contributed by atoms with Gasteiger partial charge in [0.05, 0.1) is 39.9 Å². The van der Waals surface area contributed by atoms with Crippen LogP contribution in [0.25, 0.3) is 0 Å². The Hall–Kier alpha value is -0.760. The molecule has 0 spiro atoms. The number of carbonyl (C=O) groups is 1. The lowest BCUT2D eigenvalue weighted by molar-refractivity contribution is -0.870. The van der Waals surface area contributed by atoms with E-state index in [1.807, 2.05) is 27.2 Å². The lowest BCUT2D eigenvalue weighted by Crippen LogP contribution is -2.45. The third-order valence-corrected chi connectivity index (χ3v) is 14.7. The van der Waals surface area contributed by atoms with Gasteiger partial charge in [-0.1, -0.05) is 289 Å². The fraction of sp³-hybridized carbons (Fsp3) is 0.948. The number of likely N-dealkylation sites (N-methyl/N-ethyl adjacent to an activating group) is 1. The molecule has 0 aliphatic carbocycles. The molecule has 0 rings (SSSR count). The highest BCUT2D eigenvalue weighted by molar-refractivity contribution is 7.47. The van der Waals surface area contributed by atoms with Crippen LogP contribution in [0.5, 0.6) is 0 Å². The molecule has 0 saturated carbocycles. The van der Waals surface area contributed by atoms with Gasteiger partial charge in [0.2, 0.25) is 5.91 Å². The summed E-state index contributed by atoms with van der Waals surface area (Å²) in [7, 11) is 1.58. The quantitative estimate of drug-likeness (QED) is 0.0243. The first-order valence-electron chi connectivity index (χ1n) is 29.6. The first-order chi connectivity index (χ1) is 32.5. The van der Waals surface area contributed by atoms with Crippen LogP contribution in [0.1, 0.15) is 303 Å². The van der Waals surface area contributed by atoms with Crippen molar-refractivity contribution in [1.82, 2.24) is 5.32 Å². The van der Waals surface area contributed by atoms with Gasteiger partial charge in [0.15, 0.2) is 0 Å². The summed E-state index contributed by atoms with van der Waals surface area (Å²) in [5.74, 6) is -0.173. The molecule has 9 heteroatoms. The van der Waals surface area contributed by atoms with E-state index in [2.05, 4.69) is 19.2 Å². The molecule has 0 saturated heterocycles. The van der Waals surface area contributed by atoms with E-state index >= 15 is 0 Å². The summed E-state index contributed by atoms with van der Waals surface area (Å²) in [6.07, 6.45) is 62.2. The van der Waals surface area contributed by atoms with E-state index in [1.165, 1.54) is 244 Å². The molecule has 0 fully saturated rings. The van der Waals surface area contributed by atoms with Crippen molar-refractivity contribution in [2.24, 2.45) is 0 Å². The van der Waals surface area contributed by atoms with Crippen LogP contribution in [0.3, 0.4) is 0 Å². The normalized spacial score (nSPS) is 14.0. The van der Waals surface area contributed by atoms with E-state index in [0.717, 1.165) is 38.5 Å². The van der Waals surface area contributed by atoms with Crippen molar-refractivity contribution < 1.29 is 32.9 Å². The number of allylic oxidation sites excluding steroid dienone is 1. The number of amides is 1. The smallest absolute Gasteiger partial charge is 0.387 e. The molecule has 0 aromatic heterocycles. The Morgan fingerprint density at radius 2 is 0.791 bits per heavy atom. The predicted molar refractivity (Wildman–Crippen MR) is 291 cm³/mol. The highest BCUT2D eigenvalue weighted by Crippen LogP contribution is 2.43. The molecule has 8 nitrogen and oxygen atoms in total. The van der Waals surface area contributed by atoms with Gasteiger partial charge in [-0.3, -0.25) is 13.8 Å². The zero-order valence-corrected chi connectivity index (χ0v) is 46.6. The second kappa shape index (κ2) is 50.2. The minimum atomic E-state index is -4.33. The number of unbranched alkanes of at least 4 members (excludes halogenated alkanes) is 42. The van der Waals surface area contributed by atoms with Gasteiger partial charge in [0, 0.05) is 6.42 Å². The Morgan fingerprint density at radius 3 is 1.10 bits per heavy atom. The maximum Gasteiger partial charge on any atom is 0.472 e. The van der Waals surface area contributed by atoms with Crippen molar-refractivity contribution in [3.05, 3.63) is 12.2 Å². The van der Waals surface area contributed by atoms with Gasteiger partial charge in [-0.05, 0) is 19.3 Å². The Morgan fingerprint density at radius 1 is 0.493 bits per heavy atom. The van der Waals surface area contributed by atoms with E-state index in [-0.39, 0.29) is 19.1 Å². The number of phosphoric acid groups is 1. The second-order valence-electron chi connectivity index (χ2n) is 21.7. The number of nitrogens with zero attached hydrogens (tertiary/aromatic N) is 1. The number of aliphatic hydroxyl groups is 1.